The van der Waals surface area contributed by atoms with Gasteiger partial charge in [0.25, 0.3) is 0 Å². The van der Waals surface area contributed by atoms with Gasteiger partial charge in [-0.15, -0.1) is 0 Å². The van der Waals surface area contributed by atoms with Crippen molar-refractivity contribution < 1.29 is 46.1 Å². The number of halogens is 6. The molecular weight excluding hydrogens is 510 g/mol. The molecule has 6 nitrogen and oxygen atoms in total. The van der Waals surface area contributed by atoms with Crippen molar-refractivity contribution in [3.05, 3.63) is 44.8 Å². The predicted octanol–water partition coefficient (Wildman–Crippen LogP) is 4.78. The first-order valence-corrected chi connectivity index (χ1v) is 11.7. The van der Waals surface area contributed by atoms with E-state index in [0.29, 0.717) is 5.41 Å². The normalized spacial score (nSPS) is 17.8. The Labute approximate surface area is 199 Å². The number of likely N-dealkylation sites (tertiary alicyclic amines) is 2. The summed E-state index contributed by atoms with van der Waals surface area (Å²) in [5, 5.41) is 23.2. The molecule has 0 aromatic carbocycles. The summed E-state index contributed by atoms with van der Waals surface area (Å²) < 4.78 is 63.5. The lowest BCUT2D eigenvalue weighted by atomic mass is 9.79. The third-order valence-electron chi connectivity index (χ3n) is 5.09. The van der Waals surface area contributed by atoms with E-state index in [2.05, 4.69) is 43.5 Å². The highest BCUT2D eigenvalue weighted by Crippen LogP contribution is 2.40. The van der Waals surface area contributed by atoms with Crippen molar-refractivity contribution in [2.24, 2.45) is 5.41 Å². The molecule has 2 aliphatic heterocycles. The van der Waals surface area contributed by atoms with Crippen molar-refractivity contribution in [2.75, 3.05) is 26.2 Å². The van der Waals surface area contributed by atoms with Gasteiger partial charge < -0.3 is 10.2 Å². The molecule has 14 heteroatoms. The van der Waals surface area contributed by atoms with E-state index in [0.717, 1.165) is 13.1 Å². The lowest BCUT2D eigenvalue weighted by molar-refractivity contribution is -0.193. The molecule has 190 valence electrons. The van der Waals surface area contributed by atoms with Crippen molar-refractivity contribution in [3.8, 4) is 0 Å². The number of rotatable bonds is 4. The van der Waals surface area contributed by atoms with Gasteiger partial charge in [0, 0.05) is 38.1 Å². The summed E-state index contributed by atoms with van der Waals surface area (Å²) in [4.78, 5) is 23.0. The zero-order valence-electron chi connectivity index (χ0n) is 17.6. The number of hydrogen-bond acceptors (Lipinski definition) is 6. The highest BCUT2D eigenvalue weighted by atomic mass is 32.1. The molecule has 0 amide bonds. The molecule has 0 aliphatic carbocycles. The smallest absolute Gasteiger partial charge is 0.475 e. The molecule has 2 aromatic rings. The highest BCUT2D eigenvalue weighted by molar-refractivity contribution is 7.08. The third-order valence-corrected chi connectivity index (χ3v) is 6.56. The Morgan fingerprint density at radius 3 is 1.56 bits per heavy atom. The number of thiophene rings is 2. The van der Waals surface area contributed by atoms with Crippen LogP contribution in [-0.2, 0) is 22.7 Å². The lowest BCUT2D eigenvalue weighted by Gasteiger charge is -2.48. The molecular formula is C20H22F6N2O4S2. The van der Waals surface area contributed by atoms with E-state index < -0.39 is 24.3 Å². The van der Waals surface area contributed by atoms with Crippen molar-refractivity contribution in [3.63, 3.8) is 0 Å². The first kappa shape index (κ1) is 28.1. The Balaban J connectivity index is 0.000000244. The zero-order chi connectivity index (χ0) is 25.6. The maximum absolute atomic E-state index is 10.6. The Morgan fingerprint density at radius 1 is 0.824 bits per heavy atom. The standard InChI is InChI=1S/C16H20N2S2.2C2HF3O2/c1-5-19-9-14(1)7-17-4-3-16(11-17)12-18(13-16)8-15-2-6-20-10-15;2*3-2(4,5)1(6)7/h1-2,5-6,9-10H,3-4,7-8,11-13H2;2*(H,6,7). The number of alkyl halides is 6. The van der Waals surface area contributed by atoms with Gasteiger partial charge in [0.2, 0.25) is 0 Å². The van der Waals surface area contributed by atoms with Gasteiger partial charge in [-0.25, -0.2) is 9.59 Å². The zero-order valence-corrected chi connectivity index (χ0v) is 19.2. The van der Waals surface area contributed by atoms with Crippen molar-refractivity contribution >= 4 is 34.6 Å². The average molecular weight is 533 g/mol. The van der Waals surface area contributed by atoms with Crippen LogP contribution in [0.15, 0.2) is 33.7 Å². The summed E-state index contributed by atoms with van der Waals surface area (Å²) in [6, 6.07) is 4.52. The third kappa shape index (κ3) is 8.89. The molecule has 2 fully saturated rings. The molecule has 4 heterocycles. The van der Waals surface area contributed by atoms with Crippen LogP contribution in [0, 0.1) is 5.41 Å². The molecule has 34 heavy (non-hydrogen) atoms. The topological polar surface area (TPSA) is 81.1 Å². The Bertz CT molecular complexity index is 887. The molecule has 4 rings (SSSR count). The first-order valence-electron chi connectivity index (χ1n) is 9.77. The molecule has 2 aliphatic rings. The molecule has 0 saturated carbocycles. The van der Waals surface area contributed by atoms with Crippen LogP contribution in [0.2, 0.25) is 0 Å². The molecule has 0 radical (unpaired) electrons. The summed E-state index contributed by atoms with van der Waals surface area (Å²) in [7, 11) is 0. The summed E-state index contributed by atoms with van der Waals surface area (Å²) in [5.74, 6) is -5.51. The van der Waals surface area contributed by atoms with E-state index in [-0.39, 0.29) is 0 Å². The lowest BCUT2D eigenvalue weighted by Crippen LogP contribution is -2.56. The maximum atomic E-state index is 10.6. The van der Waals surface area contributed by atoms with Gasteiger partial charge in [-0.3, -0.25) is 9.80 Å². The van der Waals surface area contributed by atoms with E-state index >= 15 is 0 Å². The fourth-order valence-electron chi connectivity index (χ4n) is 3.72. The van der Waals surface area contributed by atoms with Gasteiger partial charge in [-0.05, 0) is 57.7 Å². The molecule has 2 aromatic heterocycles. The molecule has 2 N–H and O–H groups in total. The number of carboxylic acids is 2. The molecule has 2 saturated heterocycles. The predicted molar refractivity (Wildman–Crippen MR) is 114 cm³/mol. The summed E-state index contributed by atoms with van der Waals surface area (Å²) >= 11 is 3.62. The summed E-state index contributed by atoms with van der Waals surface area (Å²) in [6.45, 7) is 7.46. The second-order valence-corrected chi connectivity index (χ2v) is 9.53. The minimum Gasteiger partial charge on any atom is -0.475 e. The van der Waals surface area contributed by atoms with Gasteiger partial charge in [-0.1, -0.05) is 0 Å². The van der Waals surface area contributed by atoms with E-state index in [1.165, 1.54) is 43.7 Å². The number of carboxylic acid groups (broad SMARTS) is 2. The van der Waals surface area contributed by atoms with E-state index in [4.69, 9.17) is 19.8 Å². The number of aliphatic carboxylic acids is 2. The second-order valence-electron chi connectivity index (χ2n) is 7.97. The van der Waals surface area contributed by atoms with E-state index in [1.54, 1.807) is 0 Å². The monoisotopic (exact) mass is 532 g/mol. The van der Waals surface area contributed by atoms with Crippen LogP contribution in [0.25, 0.3) is 0 Å². The van der Waals surface area contributed by atoms with Gasteiger partial charge in [0.05, 0.1) is 0 Å². The number of nitrogens with zero attached hydrogens (tertiary/aromatic N) is 2. The highest BCUT2D eigenvalue weighted by Gasteiger charge is 2.47. The van der Waals surface area contributed by atoms with Crippen LogP contribution in [-0.4, -0.2) is 70.5 Å². The van der Waals surface area contributed by atoms with Gasteiger partial charge >= 0.3 is 24.3 Å². The minimum absolute atomic E-state index is 0.603. The van der Waals surface area contributed by atoms with Crippen LogP contribution in [0.1, 0.15) is 17.5 Å². The largest absolute Gasteiger partial charge is 0.490 e. The van der Waals surface area contributed by atoms with Gasteiger partial charge in [0.15, 0.2) is 0 Å². The second kappa shape index (κ2) is 11.5. The average Bonchev–Trinajstić information content (AvgIpc) is 3.44. The SMILES string of the molecule is O=C(O)C(F)(F)F.O=C(O)C(F)(F)F.c1cc(CN2CCC3(C2)CN(Cc2ccsc2)C3)cs1. The Kier molecular flexibility index (Phi) is 9.51. The van der Waals surface area contributed by atoms with Gasteiger partial charge in [-0.2, -0.15) is 49.0 Å². The first-order chi connectivity index (χ1) is 15.7. The van der Waals surface area contributed by atoms with Crippen molar-refractivity contribution in [1.29, 1.82) is 0 Å². The quantitative estimate of drug-likeness (QED) is 0.552. The molecule has 0 unspecified atom stereocenters. The van der Waals surface area contributed by atoms with Crippen molar-refractivity contribution in [2.45, 2.75) is 31.9 Å². The fourth-order valence-corrected chi connectivity index (χ4v) is 5.04. The van der Waals surface area contributed by atoms with Crippen LogP contribution < -0.4 is 0 Å². The van der Waals surface area contributed by atoms with Crippen LogP contribution in [0.4, 0.5) is 26.3 Å². The molecule has 0 atom stereocenters. The van der Waals surface area contributed by atoms with Crippen LogP contribution in [0.3, 0.4) is 0 Å². The maximum Gasteiger partial charge on any atom is 0.490 e. The number of hydrogen-bond donors (Lipinski definition) is 2. The molecule has 1 spiro atoms. The summed E-state index contributed by atoms with van der Waals surface area (Å²) in [5.41, 5.74) is 3.57. The van der Waals surface area contributed by atoms with E-state index in [9.17, 15) is 26.3 Å². The van der Waals surface area contributed by atoms with Crippen LogP contribution >= 0.6 is 22.7 Å². The van der Waals surface area contributed by atoms with E-state index in [1.807, 2.05) is 22.7 Å². The summed E-state index contributed by atoms with van der Waals surface area (Å²) in [6.07, 6.45) is -8.78. The fraction of sp³-hybridized carbons (Fsp3) is 0.500. The van der Waals surface area contributed by atoms with Crippen molar-refractivity contribution in [1.82, 2.24) is 9.80 Å². The Hall–Kier alpha value is -2.16. The number of carbonyl (C=O) groups is 2. The molecule has 0 bridgehead atoms. The van der Waals surface area contributed by atoms with Gasteiger partial charge in [0.1, 0.15) is 0 Å². The minimum atomic E-state index is -5.08. The van der Waals surface area contributed by atoms with Crippen LogP contribution in [0.5, 0.6) is 0 Å². The Morgan fingerprint density at radius 2 is 1.21 bits per heavy atom.